The molecule has 1 atom stereocenters. The van der Waals surface area contributed by atoms with Gasteiger partial charge in [-0.05, 0) is 51.6 Å². The van der Waals surface area contributed by atoms with Crippen molar-refractivity contribution < 1.29 is 9.31 Å². The number of fused-ring (bicyclic) bond motifs is 1. The second-order valence-electron chi connectivity index (χ2n) is 8.24. The van der Waals surface area contributed by atoms with E-state index in [2.05, 4.69) is 38.9 Å². The number of piperidine rings is 1. The van der Waals surface area contributed by atoms with Gasteiger partial charge in [0.2, 0.25) is 0 Å². The lowest BCUT2D eigenvalue weighted by molar-refractivity contribution is -0.385. The predicted molar refractivity (Wildman–Crippen MR) is 123 cm³/mol. The van der Waals surface area contributed by atoms with E-state index < -0.39 is 10.7 Å². The van der Waals surface area contributed by atoms with Crippen LogP contribution >= 0.6 is 11.6 Å². The van der Waals surface area contributed by atoms with E-state index in [1.165, 1.54) is 24.5 Å². The fourth-order valence-electron chi connectivity index (χ4n) is 3.98. The summed E-state index contributed by atoms with van der Waals surface area (Å²) in [4.78, 5) is 21.9. The normalized spacial score (nSPS) is 18.8. The lowest BCUT2D eigenvalue weighted by Crippen LogP contribution is -2.38. The summed E-state index contributed by atoms with van der Waals surface area (Å²) in [7, 11) is 2.05. The molecule has 1 N–H and O–H groups in total. The van der Waals surface area contributed by atoms with Crippen molar-refractivity contribution in [1.82, 2.24) is 14.9 Å². The largest absolute Gasteiger partial charge is 0.337 e. The molecule has 7 nitrogen and oxygen atoms in total. The first-order chi connectivity index (χ1) is 15.3. The lowest BCUT2D eigenvalue weighted by Gasteiger charge is -2.34. The van der Waals surface area contributed by atoms with Crippen molar-refractivity contribution in [2.24, 2.45) is 5.41 Å². The fourth-order valence-corrected chi connectivity index (χ4v) is 4.16. The summed E-state index contributed by atoms with van der Waals surface area (Å²) in [6.45, 7) is 3.91. The maximum atomic E-state index is 14.3. The van der Waals surface area contributed by atoms with Crippen LogP contribution < -0.4 is 5.32 Å². The standard InChI is InChI=1S/C23H21ClFN5O2/c1-23(8-4-10-29(2)13-23)9-7-15-11-19-16(12-20(15)30(31)32)22(27-14-26-19)28-18-6-3-5-17(24)21(18)25/h3,5-6,11-12,14H,4,8,10,13H2,1-2H3,(H,26,27,28)/t23-/m1/s1. The Kier molecular flexibility index (Phi) is 5.96. The van der Waals surface area contributed by atoms with Crippen molar-refractivity contribution in [2.45, 2.75) is 19.8 Å². The van der Waals surface area contributed by atoms with Crippen LogP contribution in [0.4, 0.5) is 21.6 Å². The Balaban J connectivity index is 1.77. The molecule has 2 aromatic carbocycles. The van der Waals surface area contributed by atoms with Crippen LogP contribution in [0.2, 0.25) is 5.02 Å². The highest BCUT2D eigenvalue weighted by Gasteiger charge is 2.28. The molecule has 3 aromatic rings. The van der Waals surface area contributed by atoms with Crippen molar-refractivity contribution in [3.63, 3.8) is 0 Å². The number of anilines is 2. The van der Waals surface area contributed by atoms with Crippen molar-refractivity contribution in [2.75, 3.05) is 25.5 Å². The van der Waals surface area contributed by atoms with Crippen LogP contribution in [0.3, 0.4) is 0 Å². The highest BCUT2D eigenvalue weighted by molar-refractivity contribution is 6.31. The summed E-state index contributed by atoms with van der Waals surface area (Å²) in [5.74, 6) is 5.88. The highest BCUT2D eigenvalue weighted by atomic mass is 35.5. The Morgan fingerprint density at radius 3 is 2.91 bits per heavy atom. The monoisotopic (exact) mass is 453 g/mol. The zero-order valence-electron chi connectivity index (χ0n) is 17.7. The van der Waals surface area contributed by atoms with Gasteiger partial charge in [0.1, 0.15) is 17.7 Å². The average molecular weight is 454 g/mol. The number of nitrogens with one attached hydrogen (secondary N) is 1. The number of hydrogen-bond donors (Lipinski definition) is 1. The summed E-state index contributed by atoms with van der Waals surface area (Å²) in [5, 5.41) is 15.0. The molecule has 0 amide bonds. The number of rotatable bonds is 3. The Bertz CT molecular complexity index is 1270. The molecule has 0 radical (unpaired) electrons. The summed E-state index contributed by atoms with van der Waals surface area (Å²) in [5.41, 5.74) is 0.472. The quantitative estimate of drug-likeness (QED) is 0.335. The number of likely N-dealkylation sites (tertiary alicyclic amines) is 1. The molecule has 32 heavy (non-hydrogen) atoms. The van der Waals surface area contributed by atoms with Crippen molar-refractivity contribution >= 4 is 39.7 Å². The zero-order chi connectivity index (χ0) is 22.9. The number of hydrogen-bond acceptors (Lipinski definition) is 6. The van der Waals surface area contributed by atoms with Gasteiger partial charge in [-0.25, -0.2) is 14.4 Å². The number of nitro benzene ring substituents is 1. The molecule has 0 saturated carbocycles. The van der Waals surface area contributed by atoms with E-state index in [-0.39, 0.29) is 33.2 Å². The smallest absolute Gasteiger partial charge is 0.285 e. The van der Waals surface area contributed by atoms with Gasteiger partial charge in [0, 0.05) is 23.4 Å². The Hall–Kier alpha value is -3.28. The van der Waals surface area contributed by atoms with Gasteiger partial charge in [-0.15, -0.1) is 0 Å². The van der Waals surface area contributed by atoms with Gasteiger partial charge in [0.05, 0.1) is 21.2 Å². The molecule has 2 heterocycles. The fraction of sp³-hybridized carbons (Fsp3) is 0.304. The molecule has 1 saturated heterocycles. The molecule has 9 heteroatoms. The molecule has 1 aromatic heterocycles. The summed E-state index contributed by atoms with van der Waals surface area (Å²) in [6, 6.07) is 7.49. The topological polar surface area (TPSA) is 84.2 Å². The molecule has 0 spiro atoms. The molecule has 1 aliphatic heterocycles. The Labute approximate surface area is 189 Å². The van der Waals surface area contributed by atoms with Gasteiger partial charge < -0.3 is 10.2 Å². The third kappa shape index (κ3) is 4.49. The minimum Gasteiger partial charge on any atom is -0.337 e. The molecule has 4 rings (SSSR count). The third-order valence-corrected chi connectivity index (χ3v) is 5.83. The van der Waals surface area contributed by atoms with Crippen molar-refractivity contribution in [3.8, 4) is 11.8 Å². The number of nitro groups is 1. The van der Waals surface area contributed by atoms with Crippen LogP contribution in [-0.4, -0.2) is 39.9 Å². The van der Waals surface area contributed by atoms with E-state index in [1.54, 1.807) is 12.1 Å². The first-order valence-electron chi connectivity index (χ1n) is 10.1. The van der Waals surface area contributed by atoms with Crippen molar-refractivity contribution in [3.05, 3.63) is 63.2 Å². The molecule has 0 unspecified atom stereocenters. The third-order valence-electron chi connectivity index (χ3n) is 5.54. The van der Waals surface area contributed by atoms with Crippen LogP contribution in [0.15, 0.2) is 36.7 Å². The number of halogens is 2. The maximum Gasteiger partial charge on any atom is 0.285 e. The molecule has 0 aliphatic carbocycles. The van der Waals surface area contributed by atoms with E-state index in [0.29, 0.717) is 10.9 Å². The van der Waals surface area contributed by atoms with E-state index in [1.807, 2.05) is 7.05 Å². The molecule has 0 bridgehead atoms. The predicted octanol–water partition coefficient (Wildman–Crippen LogP) is 5.16. The summed E-state index contributed by atoms with van der Waals surface area (Å²) < 4.78 is 14.3. The summed E-state index contributed by atoms with van der Waals surface area (Å²) in [6.07, 6.45) is 3.28. The second kappa shape index (κ2) is 8.69. The Morgan fingerprint density at radius 1 is 1.34 bits per heavy atom. The number of benzene rings is 2. The van der Waals surface area contributed by atoms with Gasteiger partial charge >= 0.3 is 0 Å². The lowest BCUT2D eigenvalue weighted by atomic mass is 9.82. The Morgan fingerprint density at radius 2 is 2.16 bits per heavy atom. The van der Waals surface area contributed by atoms with Gasteiger partial charge in [-0.2, -0.15) is 0 Å². The first-order valence-corrected chi connectivity index (χ1v) is 10.5. The summed E-state index contributed by atoms with van der Waals surface area (Å²) >= 11 is 5.85. The van der Waals surface area contributed by atoms with E-state index in [4.69, 9.17) is 11.6 Å². The highest BCUT2D eigenvalue weighted by Crippen LogP contribution is 2.32. The molecule has 1 fully saturated rings. The zero-order valence-corrected chi connectivity index (χ0v) is 18.4. The molecule has 164 valence electrons. The second-order valence-corrected chi connectivity index (χ2v) is 8.65. The van der Waals surface area contributed by atoms with Crippen molar-refractivity contribution in [1.29, 1.82) is 0 Å². The van der Waals surface area contributed by atoms with E-state index in [0.717, 1.165) is 25.9 Å². The minimum absolute atomic E-state index is 0.0428. The maximum absolute atomic E-state index is 14.3. The van der Waals surface area contributed by atoms with Crippen LogP contribution in [0.5, 0.6) is 0 Å². The minimum atomic E-state index is -0.636. The first kappa shape index (κ1) is 21.9. The molecular weight excluding hydrogens is 433 g/mol. The number of nitrogens with zero attached hydrogens (tertiary/aromatic N) is 4. The van der Waals surface area contributed by atoms with Crippen LogP contribution in [0, 0.1) is 33.2 Å². The van der Waals surface area contributed by atoms with Crippen LogP contribution in [0.1, 0.15) is 25.3 Å². The van der Waals surface area contributed by atoms with Gasteiger partial charge in [0.25, 0.3) is 5.69 Å². The van der Waals surface area contributed by atoms with Crippen LogP contribution in [-0.2, 0) is 0 Å². The van der Waals surface area contributed by atoms with Gasteiger partial charge in [-0.1, -0.05) is 29.5 Å². The van der Waals surface area contributed by atoms with Crippen LogP contribution in [0.25, 0.3) is 10.9 Å². The number of aromatic nitrogens is 2. The van der Waals surface area contributed by atoms with E-state index in [9.17, 15) is 14.5 Å². The molecule has 1 aliphatic rings. The molecular formula is C23H21ClFN5O2. The van der Waals surface area contributed by atoms with Gasteiger partial charge in [-0.3, -0.25) is 10.1 Å². The van der Waals surface area contributed by atoms with Gasteiger partial charge in [0.15, 0.2) is 5.82 Å². The van der Waals surface area contributed by atoms with E-state index >= 15 is 0 Å². The average Bonchev–Trinajstić information content (AvgIpc) is 2.75. The SMILES string of the molecule is CN1CCC[C@](C)(C#Cc2cc3ncnc(Nc4cccc(Cl)c4F)c3cc2[N+](=O)[O-])C1.